The smallest absolute Gasteiger partial charge is 0.190 e. The minimum absolute atomic E-state index is 0.765. The molecule has 0 atom stereocenters. The average molecular weight is 247 g/mol. The Hall–Kier alpha value is -1.69. The number of thiazole rings is 1. The van der Waals surface area contributed by atoms with Gasteiger partial charge in [0.25, 0.3) is 0 Å². The molecule has 0 aliphatic carbocycles. The maximum atomic E-state index is 4.53. The number of hydrogen-bond donors (Lipinski definition) is 0. The first-order valence-electron chi connectivity index (χ1n) is 5.42. The minimum Gasteiger partial charge on any atom is -0.362 e. The predicted molar refractivity (Wildman–Crippen MR) is 67.3 cm³/mol. The first kappa shape index (κ1) is 10.5. The van der Waals surface area contributed by atoms with Crippen molar-refractivity contribution in [3.63, 3.8) is 0 Å². The van der Waals surface area contributed by atoms with Gasteiger partial charge < -0.3 is 9.80 Å². The van der Waals surface area contributed by atoms with Gasteiger partial charge in [-0.15, -0.1) is 0 Å². The van der Waals surface area contributed by atoms with Crippen LogP contribution in [-0.4, -0.2) is 38.5 Å². The number of aryl methyl sites for hydroxylation is 1. The Kier molecular flexibility index (Phi) is 2.44. The fourth-order valence-corrected chi connectivity index (χ4v) is 2.54. The van der Waals surface area contributed by atoms with Crippen molar-refractivity contribution < 1.29 is 0 Å². The van der Waals surface area contributed by atoms with Crippen molar-refractivity contribution in [2.75, 3.05) is 13.7 Å². The summed E-state index contributed by atoms with van der Waals surface area (Å²) in [7, 11) is 2.05. The lowest BCUT2D eigenvalue weighted by atomic mass is 10.4. The molecule has 0 unspecified atom stereocenters. The maximum absolute atomic E-state index is 4.53. The van der Waals surface area contributed by atoms with Crippen molar-refractivity contribution >= 4 is 21.8 Å². The molecule has 0 amide bonds. The molecule has 0 saturated carbocycles. The van der Waals surface area contributed by atoms with Crippen LogP contribution in [0.4, 0.5) is 0 Å². The topological polar surface area (TPSA) is 45.2 Å². The van der Waals surface area contributed by atoms with Gasteiger partial charge in [0.1, 0.15) is 0 Å². The quantitative estimate of drug-likeness (QED) is 0.806. The highest BCUT2D eigenvalue weighted by Gasteiger charge is 2.11. The molecule has 17 heavy (non-hydrogen) atoms. The molecule has 0 fully saturated rings. The van der Waals surface area contributed by atoms with E-state index in [2.05, 4.69) is 44.2 Å². The van der Waals surface area contributed by atoms with Crippen molar-refractivity contribution in [3.05, 3.63) is 29.3 Å². The second-order valence-corrected chi connectivity index (χ2v) is 5.35. The number of nitrogens with zero attached hydrogens (tertiary/aromatic N) is 5. The van der Waals surface area contributed by atoms with Gasteiger partial charge in [-0.2, -0.15) is 0 Å². The highest BCUT2D eigenvalue weighted by atomic mass is 32.1. The highest BCUT2D eigenvalue weighted by molar-refractivity contribution is 7.18. The van der Waals surface area contributed by atoms with Crippen LogP contribution in [0.2, 0.25) is 0 Å². The number of fused-ring (bicyclic) bond motifs is 1. The van der Waals surface area contributed by atoms with E-state index < -0.39 is 0 Å². The maximum Gasteiger partial charge on any atom is 0.190 e. The van der Waals surface area contributed by atoms with Crippen LogP contribution >= 0.6 is 11.3 Å². The van der Waals surface area contributed by atoms with Crippen LogP contribution in [0.25, 0.3) is 10.5 Å². The zero-order valence-corrected chi connectivity index (χ0v) is 10.6. The molecule has 5 nitrogen and oxygen atoms in total. The molecule has 1 aliphatic rings. The summed E-state index contributed by atoms with van der Waals surface area (Å²) in [6.07, 6.45) is 5.96. The van der Waals surface area contributed by atoms with Crippen LogP contribution in [0.5, 0.6) is 0 Å². The van der Waals surface area contributed by atoms with Crippen LogP contribution in [0.3, 0.4) is 0 Å². The highest BCUT2D eigenvalue weighted by Crippen LogP contribution is 2.18. The van der Waals surface area contributed by atoms with E-state index in [0.29, 0.717) is 0 Å². The molecule has 0 bridgehead atoms. The van der Waals surface area contributed by atoms with Crippen molar-refractivity contribution in [3.8, 4) is 0 Å². The molecule has 0 N–H and O–H groups in total. The molecule has 6 heteroatoms. The molecule has 3 heterocycles. The molecule has 88 valence electrons. The average Bonchev–Trinajstić information content (AvgIpc) is 2.83. The van der Waals surface area contributed by atoms with Gasteiger partial charge in [-0.05, 0) is 6.92 Å². The fraction of sp³-hybridized carbons (Fsp3) is 0.364. The third-order valence-corrected chi connectivity index (χ3v) is 3.45. The Morgan fingerprint density at radius 3 is 3.00 bits per heavy atom. The van der Waals surface area contributed by atoms with Crippen LogP contribution < -0.4 is 0 Å². The van der Waals surface area contributed by atoms with Gasteiger partial charge in [0.15, 0.2) is 10.5 Å². The Labute approximate surface area is 103 Å². The summed E-state index contributed by atoms with van der Waals surface area (Å²) in [5.41, 5.74) is 1.73. The van der Waals surface area contributed by atoms with Gasteiger partial charge in [-0.25, -0.2) is 15.0 Å². The van der Waals surface area contributed by atoms with E-state index in [1.165, 1.54) is 0 Å². The number of rotatable bonds is 2. The monoisotopic (exact) mass is 247 g/mol. The van der Waals surface area contributed by atoms with Crippen molar-refractivity contribution in [1.82, 2.24) is 24.8 Å². The Morgan fingerprint density at radius 2 is 2.24 bits per heavy atom. The summed E-state index contributed by atoms with van der Waals surface area (Å²) in [4.78, 5) is 18.5. The molecule has 2 aromatic heterocycles. The second-order valence-electron chi connectivity index (χ2n) is 4.17. The summed E-state index contributed by atoms with van der Waals surface area (Å²) in [6.45, 7) is 3.65. The van der Waals surface area contributed by atoms with Crippen molar-refractivity contribution in [1.29, 1.82) is 0 Å². The van der Waals surface area contributed by atoms with E-state index in [-0.39, 0.29) is 0 Å². The van der Waals surface area contributed by atoms with Gasteiger partial charge >= 0.3 is 0 Å². The molecule has 0 saturated heterocycles. The van der Waals surface area contributed by atoms with Crippen molar-refractivity contribution in [2.24, 2.45) is 0 Å². The summed E-state index contributed by atoms with van der Waals surface area (Å²) in [6, 6.07) is 0. The van der Waals surface area contributed by atoms with E-state index in [4.69, 9.17) is 0 Å². The van der Waals surface area contributed by atoms with E-state index >= 15 is 0 Å². The van der Waals surface area contributed by atoms with E-state index in [9.17, 15) is 0 Å². The summed E-state index contributed by atoms with van der Waals surface area (Å²) < 4.78 is 0. The SMILES string of the molecule is Cc1nc2nc(CN3C=CN(C)C3)cnc2s1. The summed E-state index contributed by atoms with van der Waals surface area (Å²) in [5.74, 6) is 0. The molecule has 3 rings (SSSR count). The Bertz CT molecular complexity index is 576. The van der Waals surface area contributed by atoms with Gasteiger partial charge in [-0.3, -0.25) is 0 Å². The lowest BCUT2D eigenvalue weighted by Crippen LogP contribution is -2.22. The molecular formula is C11H13N5S. The zero-order chi connectivity index (χ0) is 11.8. The van der Waals surface area contributed by atoms with Crippen molar-refractivity contribution in [2.45, 2.75) is 13.5 Å². The summed E-state index contributed by atoms with van der Waals surface area (Å²) in [5, 5.41) is 1.01. The van der Waals surface area contributed by atoms with Gasteiger partial charge in [0.05, 0.1) is 30.1 Å². The lowest BCUT2D eigenvalue weighted by molar-refractivity contribution is 0.288. The lowest BCUT2D eigenvalue weighted by Gasteiger charge is -2.17. The van der Waals surface area contributed by atoms with E-state index in [1.807, 2.05) is 13.1 Å². The molecule has 0 spiro atoms. The minimum atomic E-state index is 0.765. The normalized spacial score (nSPS) is 15.2. The van der Waals surface area contributed by atoms with Crippen LogP contribution in [0.1, 0.15) is 10.7 Å². The predicted octanol–water partition coefficient (Wildman–Crippen LogP) is 1.57. The van der Waals surface area contributed by atoms with Crippen LogP contribution in [0.15, 0.2) is 18.6 Å². The fourth-order valence-electron chi connectivity index (χ4n) is 1.84. The van der Waals surface area contributed by atoms with Crippen LogP contribution in [0, 0.1) is 6.92 Å². The van der Waals surface area contributed by atoms with Gasteiger partial charge in [-0.1, -0.05) is 11.3 Å². The zero-order valence-electron chi connectivity index (χ0n) is 9.79. The molecule has 1 aliphatic heterocycles. The first-order valence-corrected chi connectivity index (χ1v) is 6.24. The molecular weight excluding hydrogens is 234 g/mol. The molecule has 0 radical (unpaired) electrons. The number of aromatic nitrogens is 3. The largest absolute Gasteiger partial charge is 0.362 e. The standard InChI is InChI=1S/C11H13N5S/c1-8-13-10-11(17-8)12-5-9(14-10)6-16-4-3-15(2)7-16/h3-5H,6-7H2,1-2H3. The Morgan fingerprint density at radius 1 is 1.35 bits per heavy atom. The molecule has 2 aromatic rings. The van der Waals surface area contributed by atoms with Crippen LogP contribution in [-0.2, 0) is 6.54 Å². The third-order valence-electron chi connectivity index (χ3n) is 2.58. The first-order chi connectivity index (χ1) is 8.20. The van der Waals surface area contributed by atoms with Gasteiger partial charge in [0.2, 0.25) is 0 Å². The van der Waals surface area contributed by atoms with E-state index in [1.54, 1.807) is 11.3 Å². The van der Waals surface area contributed by atoms with Gasteiger partial charge in [0, 0.05) is 19.4 Å². The second kappa shape index (κ2) is 3.96. The summed E-state index contributed by atoms with van der Waals surface area (Å²) >= 11 is 1.58. The Balaban J connectivity index is 1.83. The third kappa shape index (κ3) is 2.08. The molecule has 0 aromatic carbocycles. The number of hydrogen-bond acceptors (Lipinski definition) is 6. The van der Waals surface area contributed by atoms with E-state index in [0.717, 1.165) is 34.4 Å².